The summed E-state index contributed by atoms with van der Waals surface area (Å²) in [7, 11) is 0. The highest BCUT2D eigenvalue weighted by atomic mass is 32.1. The van der Waals surface area contributed by atoms with E-state index in [0.29, 0.717) is 0 Å². The quantitative estimate of drug-likeness (QED) is 0.196. The van der Waals surface area contributed by atoms with Gasteiger partial charge in [0.05, 0.1) is 5.69 Å². The molecule has 0 saturated carbocycles. The second-order valence-corrected chi connectivity index (χ2v) is 13.6. The second-order valence-electron chi connectivity index (χ2n) is 12.6. The van der Waals surface area contributed by atoms with E-state index < -0.39 is 0 Å². The van der Waals surface area contributed by atoms with E-state index in [0.717, 1.165) is 5.69 Å². The number of benzene rings is 7. The van der Waals surface area contributed by atoms with Gasteiger partial charge >= 0.3 is 0 Å². The Labute approximate surface area is 267 Å². The maximum Gasteiger partial charge on any atom is 0.0540 e. The summed E-state index contributed by atoms with van der Waals surface area (Å²) in [6.45, 7) is 4.72. The highest BCUT2D eigenvalue weighted by Crippen LogP contribution is 2.51. The topological polar surface area (TPSA) is 3.24 Å². The predicted octanol–water partition coefficient (Wildman–Crippen LogP) is 12.7. The van der Waals surface area contributed by atoms with Crippen molar-refractivity contribution < 1.29 is 0 Å². The van der Waals surface area contributed by atoms with Crippen LogP contribution in [-0.4, -0.2) is 0 Å². The summed E-state index contributed by atoms with van der Waals surface area (Å²) in [5.41, 5.74) is 11.3. The van der Waals surface area contributed by atoms with Crippen LogP contribution in [0.1, 0.15) is 25.0 Å². The van der Waals surface area contributed by atoms with E-state index in [-0.39, 0.29) is 5.41 Å². The Balaban J connectivity index is 1.30. The van der Waals surface area contributed by atoms with Crippen LogP contribution in [0.4, 0.5) is 17.1 Å². The van der Waals surface area contributed by atoms with Crippen molar-refractivity contribution in [2.45, 2.75) is 19.3 Å². The largest absolute Gasteiger partial charge is 0.310 e. The van der Waals surface area contributed by atoms with Crippen LogP contribution in [0, 0.1) is 0 Å². The number of thiophene rings is 1. The van der Waals surface area contributed by atoms with Gasteiger partial charge in [-0.1, -0.05) is 129 Å². The van der Waals surface area contributed by atoms with Gasteiger partial charge in [0.15, 0.2) is 0 Å². The molecule has 0 amide bonds. The number of hydrogen-bond acceptors (Lipinski definition) is 2. The summed E-state index contributed by atoms with van der Waals surface area (Å²) in [5, 5.41) is 5.23. The molecule has 0 unspecified atom stereocenters. The van der Waals surface area contributed by atoms with Crippen molar-refractivity contribution in [3.05, 3.63) is 163 Å². The van der Waals surface area contributed by atoms with Gasteiger partial charge in [-0.25, -0.2) is 0 Å². The lowest BCUT2D eigenvalue weighted by molar-refractivity contribution is 0.660. The number of rotatable bonds is 4. The van der Waals surface area contributed by atoms with E-state index in [1.807, 2.05) is 11.3 Å². The molecule has 0 atom stereocenters. The first-order chi connectivity index (χ1) is 22.1. The molecular weight excluding hydrogens is 563 g/mol. The summed E-state index contributed by atoms with van der Waals surface area (Å²) in [4.78, 5) is 2.46. The minimum atomic E-state index is -0.0822. The maximum absolute atomic E-state index is 2.46. The SMILES string of the molecule is CC1(C)c2ccccc2-c2ccc(N(c3ccc4sc5c6ccccc6ccc5c4c3)c3ccccc3-c3ccccc3)cc21. The summed E-state index contributed by atoms with van der Waals surface area (Å²) in [6, 6.07) is 55.8. The van der Waals surface area contributed by atoms with Gasteiger partial charge in [-0.3, -0.25) is 0 Å². The first-order valence-electron chi connectivity index (χ1n) is 15.6. The smallest absolute Gasteiger partial charge is 0.0540 e. The monoisotopic (exact) mass is 593 g/mol. The molecule has 1 heterocycles. The Morgan fingerprint density at radius 2 is 1.18 bits per heavy atom. The molecule has 1 nitrogen and oxygen atoms in total. The zero-order chi connectivity index (χ0) is 30.1. The van der Waals surface area contributed by atoms with Gasteiger partial charge in [0.2, 0.25) is 0 Å². The molecule has 0 fully saturated rings. The molecule has 1 aliphatic rings. The minimum absolute atomic E-state index is 0.0822. The number of fused-ring (bicyclic) bond motifs is 8. The summed E-state index contributed by atoms with van der Waals surface area (Å²) >= 11 is 1.89. The normalized spacial score (nSPS) is 13.3. The van der Waals surface area contributed by atoms with E-state index in [9.17, 15) is 0 Å². The second kappa shape index (κ2) is 9.92. The number of nitrogens with zero attached hydrogens (tertiary/aromatic N) is 1. The molecular formula is C43H31NS. The van der Waals surface area contributed by atoms with Crippen molar-refractivity contribution in [1.29, 1.82) is 0 Å². The zero-order valence-corrected chi connectivity index (χ0v) is 26.1. The summed E-state index contributed by atoms with van der Waals surface area (Å²) in [5.74, 6) is 0. The Morgan fingerprint density at radius 1 is 0.489 bits per heavy atom. The maximum atomic E-state index is 2.46. The average Bonchev–Trinajstić information content (AvgIpc) is 3.58. The molecule has 0 radical (unpaired) electrons. The molecule has 2 heteroatoms. The predicted molar refractivity (Wildman–Crippen MR) is 195 cm³/mol. The van der Waals surface area contributed by atoms with Crippen LogP contribution in [-0.2, 0) is 5.41 Å². The Morgan fingerprint density at radius 3 is 2.07 bits per heavy atom. The molecule has 45 heavy (non-hydrogen) atoms. The third-order valence-corrected chi connectivity index (χ3v) is 10.9. The standard InChI is InChI=1S/C43H31NS/c1-43(2)38-18-10-8-17-34(38)35-24-21-31(27-39(35)43)44(40-19-11-9-15-32(40)28-12-4-3-5-13-28)30-22-25-41-37(26-30)36-23-20-29-14-6-7-16-33(29)42(36)45-41/h3-27H,1-2H3. The van der Waals surface area contributed by atoms with Crippen LogP contribution in [0.5, 0.6) is 0 Å². The lowest BCUT2D eigenvalue weighted by Crippen LogP contribution is -2.16. The molecule has 0 aliphatic heterocycles. The van der Waals surface area contributed by atoms with Crippen molar-refractivity contribution >= 4 is 59.3 Å². The Bertz CT molecular complexity index is 2410. The minimum Gasteiger partial charge on any atom is -0.310 e. The molecule has 1 aromatic heterocycles. The van der Waals surface area contributed by atoms with Crippen molar-refractivity contribution in [2.24, 2.45) is 0 Å². The fourth-order valence-corrected chi connectivity index (χ4v) is 8.64. The van der Waals surface area contributed by atoms with Crippen LogP contribution in [0.2, 0.25) is 0 Å². The summed E-state index contributed by atoms with van der Waals surface area (Å²) < 4.78 is 2.67. The molecule has 8 aromatic rings. The molecule has 7 aromatic carbocycles. The van der Waals surface area contributed by atoms with Crippen molar-refractivity contribution in [3.8, 4) is 22.3 Å². The highest BCUT2D eigenvalue weighted by molar-refractivity contribution is 7.26. The van der Waals surface area contributed by atoms with E-state index >= 15 is 0 Å². The van der Waals surface area contributed by atoms with Gasteiger partial charge in [-0.2, -0.15) is 0 Å². The van der Waals surface area contributed by atoms with Crippen molar-refractivity contribution in [1.82, 2.24) is 0 Å². The van der Waals surface area contributed by atoms with E-state index in [2.05, 4.69) is 170 Å². The number of anilines is 3. The van der Waals surface area contributed by atoms with Gasteiger partial charge in [0.25, 0.3) is 0 Å². The molecule has 1 aliphatic carbocycles. The van der Waals surface area contributed by atoms with Crippen LogP contribution in [0.25, 0.3) is 53.2 Å². The van der Waals surface area contributed by atoms with Crippen LogP contribution in [0.3, 0.4) is 0 Å². The van der Waals surface area contributed by atoms with Crippen LogP contribution in [0.15, 0.2) is 152 Å². The van der Waals surface area contributed by atoms with Gasteiger partial charge < -0.3 is 4.90 Å². The zero-order valence-electron chi connectivity index (χ0n) is 25.3. The van der Waals surface area contributed by atoms with Gasteiger partial charge in [0, 0.05) is 42.5 Å². The first-order valence-corrected chi connectivity index (χ1v) is 16.4. The van der Waals surface area contributed by atoms with E-state index in [1.165, 1.54) is 75.7 Å². The fraction of sp³-hybridized carbons (Fsp3) is 0.0698. The van der Waals surface area contributed by atoms with E-state index in [1.54, 1.807) is 0 Å². The van der Waals surface area contributed by atoms with Crippen LogP contribution < -0.4 is 4.90 Å². The average molecular weight is 594 g/mol. The molecule has 214 valence electrons. The molecule has 0 N–H and O–H groups in total. The number of hydrogen-bond donors (Lipinski definition) is 0. The van der Waals surface area contributed by atoms with Crippen molar-refractivity contribution in [3.63, 3.8) is 0 Å². The molecule has 9 rings (SSSR count). The van der Waals surface area contributed by atoms with Crippen LogP contribution >= 0.6 is 11.3 Å². The van der Waals surface area contributed by atoms with Crippen molar-refractivity contribution in [2.75, 3.05) is 4.90 Å². The molecule has 0 saturated heterocycles. The van der Waals surface area contributed by atoms with E-state index in [4.69, 9.17) is 0 Å². The third kappa shape index (κ3) is 3.99. The van der Waals surface area contributed by atoms with Gasteiger partial charge in [-0.05, 0) is 75.0 Å². The molecule has 0 bridgehead atoms. The lowest BCUT2D eigenvalue weighted by atomic mass is 9.82. The summed E-state index contributed by atoms with van der Waals surface area (Å²) in [6.07, 6.45) is 0. The molecule has 0 spiro atoms. The van der Waals surface area contributed by atoms with Gasteiger partial charge in [0.1, 0.15) is 0 Å². The number of para-hydroxylation sites is 1. The Hall–Kier alpha value is -5.18. The fourth-order valence-electron chi connectivity index (χ4n) is 7.42. The third-order valence-electron chi connectivity index (χ3n) is 9.66. The van der Waals surface area contributed by atoms with Gasteiger partial charge in [-0.15, -0.1) is 11.3 Å². The first kappa shape index (κ1) is 26.2. The lowest BCUT2D eigenvalue weighted by Gasteiger charge is -2.30. The highest BCUT2D eigenvalue weighted by Gasteiger charge is 2.35. The Kier molecular flexibility index (Phi) is 5.78.